The molecule has 5 nitrogen and oxygen atoms in total. The van der Waals surface area contributed by atoms with Gasteiger partial charge in [0, 0.05) is 38.3 Å². The van der Waals surface area contributed by atoms with Gasteiger partial charge in [0.25, 0.3) is 0 Å². The standard InChI is InChI=1S/C20H28N4O/c1-15-4-6-18(7-5-15)13-21-20(25)9-11-23-10-8-19(14-23)24-17(3)12-16(2)22-24/h4-7,12,19H,8-11,13-14H2,1-3H3,(H,21,25). The van der Waals surface area contributed by atoms with Gasteiger partial charge in [-0.15, -0.1) is 0 Å². The van der Waals surface area contributed by atoms with Crippen LogP contribution in [-0.2, 0) is 11.3 Å². The zero-order valence-electron chi connectivity index (χ0n) is 15.5. The fourth-order valence-electron chi connectivity index (χ4n) is 3.49. The maximum absolute atomic E-state index is 12.1. The molecule has 1 saturated heterocycles. The zero-order chi connectivity index (χ0) is 17.8. The van der Waals surface area contributed by atoms with Gasteiger partial charge in [0.15, 0.2) is 0 Å². The molecule has 1 amide bonds. The van der Waals surface area contributed by atoms with Crippen LogP contribution >= 0.6 is 0 Å². The van der Waals surface area contributed by atoms with Crippen LogP contribution in [0.1, 0.15) is 41.4 Å². The molecular formula is C20H28N4O. The van der Waals surface area contributed by atoms with Crippen molar-refractivity contribution in [1.29, 1.82) is 0 Å². The highest BCUT2D eigenvalue weighted by Crippen LogP contribution is 2.23. The van der Waals surface area contributed by atoms with E-state index in [2.05, 4.69) is 64.2 Å². The number of benzene rings is 1. The molecule has 5 heteroatoms. The number of amides is 1. The molecule has 1 fully saturated rings. The van der Waals surface area contributed by atoms with Crippen molar-refractivity contribution >= 4 is 5.91 Å². The number of aromatic nitrogens is 2. The van der Waals surface area contributed by atoms with E-state index >= 15 is 0 Å². The van der Waals surface area contributed by atoms with Crippen molar-refractivity contribution in [3.63, 3.8) is 0 Å². The van der Waals surface area contributed by atoms with Crippen molar-refractivity contribution in [1.82, 2.24) is 20.0 Å². The van der Waals surface area contributed by atoms with Gasteiger partial charge in [-0.3, -0.25) is 9.48 Å². The third-order valence-corrected chi connectivity index (χ3v) is 4.90. The van der Waals surface area contributed by atoms with Crippen molar-refractivity contribution < 1.29 is 4.79 Å². The topological polar surface area (TPSA) is 50.2 Å². The van der Waals surface area contributed by atoms with E-state index < -0.39 is 0 Å². The van der Waals surface area contributed by atoms with Crippen LogP contribution in [0.25, 0.3) is 0 Å². The Hall–Kier alpha value is -2.14. The molecule has 1 N–H and O–H groups in total. The quantitative estimate of drug-likeness (QED) is 0.880. The first-order valence-corrected chi connectivity index (χ1v) is 9.08. The Labute approximate surface area is 150 Å². The number of hydrogen-bond acceptors (Lipinski definition) is 3. The molecule has 3 rings (SSSR count). The van der Waals surface area contributed by atoms with Crippen LogP contribution in [0, 0.1) is 20.8 Å². The number of rotatable bonds is 6. The van der Waals surface area contributed by atoms with Crippen LogP contribution < -0.4 is 5.32 Å². The lowest BCUT2D eigenvalue weighted by Crippen LogP contribution is -2.30. The summed E-state index contributed by atoms with van der Waals surface area (Å²) in [5, 5.41) is 7.62. The molecular weight excluding hydrogens is 312 g/mol. The summed E-state index contributed by atoms with van der Waals surface area (Å²) in [5.74, 6) is 0.120. The van der Waals surface area contributed by atoms with Gasteiger partial charge in [0.2, 0.25) is 5.91 Å². The molecule has 0 bridgehead atoms. The maximum atomic E-state index is 12.1. The van der Waals surface area contributed by atoms with Gasteiger partial charge in [0.05, 0.1) is 11.7 Å². The molecule has 0 radical (unpaired) electrons. The Balaban J connectivity index is 1.41. The average Bonchev–Trinajstić information content (AvgIpc) is 3.18. The highest BCUT2D eigenvalue weighted by molar-refractivity contribution is 5.76. The van der Waals surface area contributed by atoms with Crippen LogP contribution in [0.15, 0.2) is 30.3 Å². The first-order chi connectivity index (χ1) is 12.0. The summed E-state index contributed by atoms with van der Waals surface area (Å²) in [4.78, 5) is 14.5. The fourth-order valence-corrected chi connectivity index (χ4v) is 3.49. The Morgan fingerprint density at radius 3 is 2.68 bits per heavy atom. The van der Waals surface area contributed by atoms with Gasteiger partial charge in [0.1, 0.15) is 0 Å². The lowest BCUT2D eigenvalue weighted by atomic mass is 10.1. The van der Waals surface area contributed by atoms with Crippen molar-refractivity contribution in [3.05, 3.63) is 52.8 Å². The van der Waals surface area contributed by atoms with Crippen molar-refractivity contribution in [2.24, 2.45) is 0 Å². The van der Waals surface area contributed by atoms with Gasteiger partial charge in [-0.25, -0.2) is 0 Å². The SMILES string of the molecule is Cc1ccc(CNC(=O)CCN2CCC(n3nc(C)cc3C)C2)cc1. The monoisotopic (exact) mass is 340 g/mol. The first kappa shape index (κ1) is 17.7. The van der Waals surface area contributed by atoms with E-state index in [4.69, 9.17) is 0 Å². The fraction of sp³-hybridized carbons (Fsp3) is 0.500. The zero-order valence-corrected chi connectivity index (χ0v) is 15.5. The first-order valence-electron chi connectivity index (χ1n) is 9.08. The average molecular weight is 340 g/mol. The largest absolute Gasteiger partial charge is 0.352 e. The van der Waals surface area contributed by atoms with E-state index in [1.54, 1.807) is 0 Å². The predicted molar refractivity (Wildman–Crippen MR) is 99.4 cm³/mol. The summed E-state index contributed by atoms with van der Waals surface area (Å²) in [7, 11) is 0. The van der Waals surface area contributed by atoms with Gasteiger partial charge in [-0.1, -0.05) is 29.8 Å². The molecule has 1 aliphatic heterocycles. The number of hydrogen-bond donors (Lipinski definition) is 1. The van der Waals surface area contributed by atoms with E-state index in [1.807, 2.05) is 6.92 Å². The predicted octanol–water partition coefficient (Wildman–Crippen LogP) is 2.76. The molecule has 1 atom stereocenters. The number of likely N-dealkylation sites (tertiary alicyclic amines) is 1. The van der Waals surface area contributed by atoms with Gasteiger partial charge < -0.3 is 10.2 Å². The van der Waals surface area contributed by atoms with Gasteiger partial charge in [-0.05, 0) is 38.8 Å². The molecule has 2 aromatic rings. The summed E-state index contributed by atoms with van der Waals surface area (Å²) >= 11 is 0. The number of nitrogens with one attached hydrogen (secondary N) is 1. The summed E-state index contributed by atoms with van der Waals surface area (Å²) in [6, 6.07) is 10.8. The lowest BCUT2D eigenvalue weighted by Gasteiger charge is -2.17. The number of aryl methyl sites for hydroxylation is 3. The lowest BCUT2D eigenvalue weighted by molar-refractivity contribution is -0.121. The molecule has 25 heavy (non-hydrogen) atoms. The molecule has 0 saturated carbocycles. The van der Waals surface area contributed by atoms with Crippen LogP contribution in [0.2, 0.25) is 0 Å². The molecule has 1 aromatic heterocycles. The second kappa shape index (κ2) is 7.83. The Morgan fingerprint density at radius 2 is 2.00 bits per heavy atom. The Bertz CT molecular complexity index is 720. The van der Waals surface area contributed by atoms with E-state index in [0.717, 1.165) is 37.3 Å². The van der Waals surface area contributed by atoms with Crippen molar-refractivity contribution in [3.8, 4) is 0 Å². The Kier molecular flexibility index (Phi) is 5.53. The van der Waals surface area contributed by atoms with E-state index in [0.29, 0.717) is 19.0 Å². The third-order valence-electron chi connectivity index (χ3n) is 4.90. The minimum Gasteiger partial charge on any atom is -0.352 e. The van der Waals surface area contributed by atoms with Crippen molar-refractivity contribution in [2.75, 3.05) is 19.6 Å². The molecule has 0 spiro atoms. The van der Waals surface area contributed by atoms with Gasteiger partial charge >= 0.3 is 0 Å². The van der Waals surface area contributed by atoms with E-state index in [1.165, 1.54) is 11.3 Å². The smallest absolute Gasteiger partial charge is 0.221 e. The second-order valence-electron chi connectivity index (χ2n) is 7.13. The molecule has 1 unspecified atom stereocenters. The molecule has 0 aliphatic carbocycles. The van der Waals surface area contributed by atoms with E-state index in [9.17, 15) is 4.79 Å². The van der Waals surface area contributed by atoms with Crippen LogP contribution in [0.4, 0.5) is 0 Å². The second-order valence-corrected chi connectivity index (χ2v) is 7.13. The van der Waals surface area contributed by atoms with E-state index in [-0.39, 0.29) is 5.91 Å². The molecule has 2 heterocycles. The molecule has 1 aromatic carbocycles. The summed E-state index contributed by atoms with van der Waals surface area (Å²) in [6.07, 6.45) is 1.66. The maximum Gasteiger partial charge on any atom is 0.221 e. The summed E-state index contributed by atoms with van der Waals surface area (Å²) in [5.41, 5.74) is 4.68. The number of carbonyl (C=O) groups excluding carboxylic acids is 1. The third kappa shape index (κ3) is 4.69. The molecule has 1 aliphatic rings. The van der Waals surface area contributed by atoms with Crippen LogP contribution in [0.5, 0.6) is 0 Å². The van der Waals surface area contributed by atoms with Crippen LogP contribution in [0.3, 0.4) is 0 Å². The van der Waals surface area contributed by atoms with Gasteiger partial charge in [-0.2, -0.15) is 5.10 Å². The number of nitrogens with zero attached hydrogens (tertiary/aromatic N) is 3. The van der Waals surface area contributed by atoms with Crippen LogP contribution in [-0.4, -0.2) is 40.2 Å². The molecule has 134 valence electrons. The highest BCUT2D eigenvalue weighted by atomic mass is 16.1. The highest BCUT2D eigenvalue weighted by Gasteiger charge is 2.25. The summed E-state index contributed by atoms with van der Waals surface area (Å²) < 4.78 is 2.15. The minimum atomic E-state index is 0.120. The van der Waals surface area contributed by atoms with Crippen molar-refractivity contribution in [2.45, 2.75) is 46.2 Å². The normalized spacial score (nSPS) is 17.8. The Morgan fingerprint density at radius 1 is 1.24 bits per heavy atom. The number of carbonyl (C=O) groups is 1. The summed E-state index contributed by atoms with van der Waals surface area (Å²) in [6.45, 7) is 9.65. The minimum absolute atomic E-state index is 0.120.